The Kier molecular flexibility index (Phi) is 6.86. The smallest absolute Gasteiger partial charge is 0.193 e. The molecule has 3 rings (SSSR count). The van der Waals surface area contributed by atoms with Crippen molar-refractivity contribution in [3.8, 4) is 11.5 Å². The van der Waals surface area contributed by atoms with Gasteiger partial charge < -0.3 is 9.47 Å². The first-order valence-corrected chi connectivity index (χ1v) is 8.72. The van der Waals surface area contributed by atoms with E-state index in [2.05, 4.69) is 0 Å². The lowest BCUT2D eigenvalue weighted by Crippen LogP contribution is -2.12. The van der Waals surface area contributed by atoms with Crippen molar-refractivity contribution < 1.29 is 14.3 Å². The lowest BCUT2D eigenvalue weighted by Gasteiger charge is -2.16. The minimum Gasteiger partial charge on any atom is -0.493 e. The normalized spacial score (nSPS) is 13.8. The molecule has 0 bridgehead atoms. The van der Waals surface area contributed by atoms with E-state index in [0.717, 1.165) is 12.8 Å². The minimum absolute atomic E-state index is 0.000440. The fourth-order valence-electron chi connectivity index (χ4n) is 2.85. The number of hydrogen-bond acceptors (Lipinski definition) is 3. The summed E-state index contributed by atoms with van der Waals surface area (Å²) in [6.45, 7) is 4.00. The maximum absolute atomic E-state index is 12.5. The quantitative estimate of drug-likeness (QED) is 0.702. The van der Waals surface area contributed by atoms with Crippen LogP contribution in [0.15, 0.2) is 48.5 Å². The fourth-order valence-corrected chi connectivity index (χ4v) is 2.85. The molecule has 2 aromatic rings. The first-order valence-electron chi connectivity index (χ1n) is 8.72. The van der Waals surface area contributed by atoms with Gasteiger partial charge in [-0.2, -0.15) is 0 Å². The number of ketones is 1. The maximum atomic E-state index is 12.5. The Labute approximate surface area is 144 Å². The Morgan fingerprint density at radius 3 is 2.21 bits per heavy atom. The second kappa shape index (κ2) is 9.11. The van der Waals surface area contributed by atoms with Crippen LogP contribution in [-0.2, 0) is 0 Å². The van der Waals surface area contributed by atoms with Crippen molar-refractivity contribution in [2.45, 2.75) is 45.6 Å². The molecule has 0 aromatic heterocycles. The molecule has 0 spiro atoms. The van der Waals surface area contributed by atoms with Gasteiger partial charge in [0.2, 0.25) is 0 Å². The van der Waals surface area contributed by atoms with Crippen molar-refractivity contribution >= 4 is 5.78 Å². The fraction of sp³-hybridized carbons (Fsp3) is 0.381. The molecule has 0 saturated heterocycles. The van der Waals surface area contributed by atoms with Crippen LogP contribution in [0.5, 0.6) is 11.5 Å². The van der Waals surface area contributed by atoms with E-state index in [4.69, 9.17) is 9.47 Å². The van der Waals surface area contributed by atoms with E-state index in [1.54, 1.807) is 25.3 Å². The number of hydrogen-bond donors (Lipinski definition) is 0. The van der Waals surface area contributed by atoms with Crippen LogP contribution in [0.1, 0.15) is 55.5 Å². The zero-order valence-corrected chi connectivity index (χ0v) is 14.7. The Balaban J connectivity index is 0.00000100. The van der Waals surface area contributed by atoms with Crippen LogP contribution in [-0.4, -0.2) is 19.0 Å². The molecule has 1 fully saturated rings. The van der Waals surface area contributed by atoms with Gasteiger partial charge in [-0.1, -0.05) is 44.2 Å². The van der Waals surface area contributed by atoms with Crippen molar-refractivity contribution in [1.82, 2.24) is 0 Å². The summed E-state index contributed by atoms with van der Waals surface area (Å²) in [6.07, 6.45) is 4.78. The Bertz CT molecular complexity index is 643. The average molecular weight is 326 g/mol. The highest BCUT2D eigenvalue weighted by Gasteiger charge is 2.19. The van der Waals surface area contributed by atoms with Crippen molar-refractivity contribution in [1.29, 1.82) is 0 Å². The van der Waals surface area contributed by atoms with Gasteiger partial charge in [-0.15, -0.1) is 0 Å². The van der Waals surface area contributed by atoms with E-state index in [9.17, 15) is 4.79 Å². The monoisotopic (exact) mass is 326 g/mol. The number of methoxy groups -OCH3 is 1. The summed E-state index contributed by atoms with van der Waals surface area (Å²) in [5.74, 6) is 1.34. The lowest BCUT2D eigenvalue weighted by molar-refractivity contribution is 0.103. The van der Waals surface area contributed by atoms with Crippen LogP contribution in [0.2, 0.25) is 0 Å². The highest BCUT2D eigenvalue weighted by Crippen LogP contribution is 2.33. The number of ether oxygens (including phenoxy) is 2. The summed E-state index contributed by atoms with van der Waals surface area (Å²) in [4.78, 5) is 12.5. The third-order valence-corrected chi connectivity index (χ3v) is 4.06. The van der Waals surface area contributed by atoms with Crippen molar-refractivity contribution in [3.63, 3.8) is 0 Å². The number of carbonyl (C=O) groups is 1. The first kappa shape index (κ1) is 18.1. The van der Waals surface area contributed by atoms with Gasteiger partial charge in [-0.3, -0.25) is 4.79 Å². The van der Waals surface area contributed by atoms with Gasteiger partial charge >= 0.3 is 0 Å². The SMILES string of the molecule is CC.COc1ccc(C(=O)c2ccccc2)cc1OC1CCCC1. The van der Waals surface area contributed by atoms with Crippen LogP contribution in [0.25, 0.3) is 0 Å². The maximum Gasteiger partial charge on any atom is 0.193 e. The highest BCUT2D eigenvalue weighted by molar-refractivity contribution is 6.09. The van der Waals surface area contributed by atoms with E-state index < -0.39 is 0 Å². The standard InChI is InChI=1S/C19H20O3.C2H6/c1-21-17-12-11-15(19(20)14-7-3-2-4-8-14)13-18(17)22-16-9-5-6-10-16;1-2/h2-4,7-8,11-13,16H,5-6,9-10H2,1H3;1-2H3. The van der Waals surface area contributed by atoms with Gasteiger partial charge in [0.05, 0.1) is 13.2 Å². The van der Waals surface area contributed by atoms with Gasteiger partial charge in [0.1, 0.15) is 0 Å². The van der Waals surface area contributed by atoms with Crippen LogP contribution < -0.4 is 9.47 Å². The number of rotatable bonds is 5. The molecule has 1 saturated carbocycles. The summed E-state index contributed by atoms with van der Waals surface area (Å²) >= 11 is 0. The predicted octanol–water partition coefficient (Wildman–Crippen LogP) is 5.27. The molecule has 0 unspecified atom stereocenters. The molecule has 0 heterocycles. The van der Waals surface area contributed by atoms with E-state index in [1.807, 2.05) is 44.2 Å². The van der Waals surface area contributed by atoms with Gasteiger partial charge in [-0.05, 0) is 43.9 Å². The summed E-state index contributed by atoms with van der Waals surface area (Å²) in [7, 11) is 1.62. The van der Waals surface area contributed by atoms with Gasteiger partial charge in [0.25, 0.3) is 0 Å². The van der Waals surface area contributed by atoms with Crippen molar-refractivity contribution in [2.24, 2.45) is 0 Å². The largest absolute Gasteiger partial charge is 0.493 e. The molecule has 3 heteroatoms. The highest BCUT2D eigenvalue weighted by atomic mass is 16.5. The number of benzene rings is 2. The lowest BCUT2D eigenvalue weighted by atomic mass is 10.0. The van der Waals surface area contributed by atoms with Gasteiger partial charge in [-0.25, -0.2) is 0 Å². The third kappa shape index (κ3) is 4.38. The van der Waals surface area contributed by atoms with Crippen molar-refractivity contribution in [3.05, 3.63) is 59.7 Å². The van der Waals surface area contributed by atoms with E-state index >= 15 is 0 Å². The second-order valence-electron chi connectivity index (χ2n) is 5.59. The summed E-state index contributed by atoms with van der Waals surface area (Å²) in [6, 6.07) is 14.7. The van der Waals surface area contributed by atoms with Gasteiger partial charge in [0, 0.05) is 11.1 Å². The molecule has 0 N–H and O–H groups in total. The molecule has 128 valence electrons. The molecule has 0 aliphatic heterocycles. The van der Waals surface area contributed by atoms with Crippen LogP contribution in [0, 0.1) is 0 Å². The van der Waals surface area contributed by atoms with Crippen LogP contribution >= 0.6 is 0 Å². The number of carbonyl (C=O) groups excluding carboxylic acids is 1. The van der Waals surface area contributed by atoms with E-state index in [0.29, 0.717) is 22.6 Å². The molecule has 1 aliphatic carbocycles. The van der Waals surface area contributed by atoms with Gasteiger partial charge in [0.15, 0.2) is 17.3 Å². The zero-order chi connectivity index (χ0) is 17.4. The average Bonchev–Trinajstić information content (AvgIpc) is 3.16. The van der Waals surface area contributed by atoms with Crippen molar-refractivity contribution in [2.75, 3.05) is 7.11 Å². The molecule has 0 radical (unpaired) electrons. The Hall–Kier alpha value is -2.29. The molecular weight excluding hydrogens is 300 g/mol. The molecule has 3 nitrogen and oxygen atoms in total. The predicted molar refractivity (Wildman–Crippen MR) is 97.1 cm³/mol. The Morgan fingerprint density at radius 1 is 0.917 bits per heavy atom. The van der Waals surface area contributed by atoms with E-state index in [-0.39, 0.29) is 11.9 Å². The molecule has 2 aromatic carbocycles. The Morgan fingerprint density at radius 2 is 1.58 bits per heavy atom. The summed E-state index contributed by atoms with van der Waals surface area (Å²) in [5.41, 5.74) is 1.31. The van der Waals surface area contributed by atoms with Crippen LogP contribution in [0.3, 0.4) is 0 Å². The topological polar surface area (TPSA) is 35.5 Å². The zero-order valence-electron chi connectivity index (χ0n) is 14.7. The minimum atomic E-state index is -0.000440. The first-order chi connectivity index (χ1) is 11.8. The summed E-state index contributed by atoms with van der Waals surface area (Å²) in [5, 5.41) is 0. The third-order valence-electron chi connectivity index (χ3n) is 4.06. The molecule has 24 heavy (non-hydrogen) atoms. The second-order valence-corrected chi connectivity index (χ2v) is 5.59. The molecular formula is C21H26O3. The molecule has 0 amide bonds. The molecule has 1 aliphatic rings. The van der Waals surface area contributed by atoms with E-state index in [1.165, 1.54) is 12.8 Å². The summed E-state index contributed by atoms with van der Waals surface area (Å²) < 4.78 is 11.4. The molecule has 0 atom stereocenters. The van der Waals surface area contributed by atoms with Crippen LogP contribution in [0.4, 0.5) is 0 Å².